The van der Waals surface area contributed by atoms with Gasteiger partial charge in [0, 0.05) is 13.1 Å². The Morgan fingerprint density at radius 2 is 2.33 bits per heavy atom. The highest BCUT2D eigenvalue weighted by atomic mass is 32.1. The number of hydrogen-bond donors (Lipinski definition) is 2. The van der Waals surface area contributed by atoms with E-state index in [2.05, 4.69) is 24.2 Å². The monoisotopic (exact) mass is 267 g/mol. The van der Waals surface area contributed by atoms with Crippen molar-refractivity contribution in [3.05, 3.63) is 21.9 Å². The first-order valence-corrected chi connectivity index (χ1v) is 7.29. The number of nitrogens with zero attached hydrogens (tertiary/aromatic N) is 1. The molecule has 18 heavy (non-hydrogen) atoms. The Morgan fingerprint density at radius 1 is 1.56 bits per heavy atom. The molecule has 0 bridgehead atoms. The highest BCUT2D eigenvalue weighted by molar-refractivity contribution is 7.12. The Bertz CT molecular complexity index is 418. The number of carbonyl (C=O) groups excluding carboxylic acids is 1. The largest absolute Gasteiger partial charge is 0.299 e. The van der Waals surface area contributed by atoms with Crippen LogP contribution in [-0.4, -0.2) is 23.9 Å². The lowest BCUT2D eigenvalue weighted by atomic mass is 9.88. The van der Waals surface area contributed by atoms with Crippen molar-refractivity contribution in [3.63, 3.8) is 0 Å². The molecule has 1 amide bonds. The van der Waals surface area contributed by atoms with Gasteiger partial charge in [0.25, 0.3) is 5.91 Å². The van der Waals surface area contributed by atoms with Gasteiger partial charge in [-0.2, -0.15) is 0 Å². The first kappa shape index (κ1) is 13.5. The zero-order chi connectivity index (χ0) is 13.1. The number of hydrogen-bond acceptors (Lipinski definition) is 4. The van der Waals surface area contributed by atoms with E-state index in [4.69, 9.17) is 5.84 Å². The van der Waals surface area contributed by atoms with Gasteiger partial charge in [0.2, 0.25) is 0 Å². The fourth-order valence-corrected chi connectivity index (χ4v) is 3.28. The van der Waals surface area contributed by atoms with Gasteiger partial charge in [-0.3, -0.25) is 15.1 Å². The number of hydrazine groups is 1. The third-order valence-corrected chi connectivity index (χ3v) is 4.85. The van der Waals surface area contributed by atoms with Crippen LogP contribution in [0, 0.1) is 11.8 Å². The molecule has 1 aromatic rings. The Morgan fingerprint density at radius 3 is 3.00 bits per heavy atom. The fourth-order valence-electron chi connectivity index (χ4n) is 2.46. The third kappa shape index (κ3) is 2.91. The summed E-state index contributed by atoms with van der Waals surface area (Å²) < 4.78 is 0. The number of nitrogen functional groups attached to an aromatic ring is 1. The summed E-state index contributed by atoms with van der Waals surface area (Å²) in [7, 11) is 0. The molecule has 2 atom stereocenters. The van der Waals surface area contributed by atoms with Crippen molar-refractivity contribution in [3.8, 4) is 0 Å². The van der Waals surface area contributed by atoms with Gasteiger partial charge in [0.15, 0.2) is 0 Å². The molecule has 2 unspecified atom stereocenters. The van der Waals surface area contributed by atoms with Crippen LogP contribution >= 0.6 is 11.3 Å². The molecule has 0 aromatic carbocycles. The van der Waals surface area contributed by atoms with Gasteiger partial charge in [-0.1, -0.05) is 13.8 Å². The second-order valence-corrected chi connectivity index (χ2v) is 6.14. The summed E-state index contributed by atoms with van der Waals surface area (Å²) in [6.45, 7) is 7.70. The summed E-state index contributed by atoms with van der Waals surface area (Å²) in [5.41, 5.74) is 3.30. The van der Waals surface area contributed by atoms with Crippen LogP contribution in [0.3, 0.4) is 0 Å². The molecule has 2 rings (SSSR count). The molecule has 0 radical (unpaired) electrons. The van der Waals surface area contributed by atoms with E-state index >= 15 is 0 Å². The second kappa shape index (κ2) is 5.82. The summed E-state index contributed by atoms with van der Waals surface area (Å²) in [5.74, 6) is 6.54. The fraction of sp³-hybridized carbons (Fsp3) is 0.615. The molecule has 1 aliphatic heterocycles. The van der Waals surface area contributed by atoms with Crippen LogP contribution in [-0.2, 0) is 6.54 Å². The number of nitrogens with two attached hydrogens (primary N) is 1. The number of piperidine rings is 1. The van der Waals surface area contributed by atoms with E-state index in [9.17, 15) is 4.79 Å². The van der Waals surface area contributed by atoms with Crippen molar-refractivity contribution in [1.82, 2.24) is 10.3 Å². The minimum absolute atomic E-state index is 0.182. The molecule has 0 aliphatic carbocycles. The average Bonchev–Trinajstić information content (AvgIpc) is 2.81. The maximum absolute atomic E-state index is 11.6. The first-order valence-electron chi connectivity index (χ1n) is 6.41. The van der Waals surface area contributed by atoms with Crippen LogP contribution in [0.15, 0.2) is 11.4 Å². The van der Waals surface area contributed by atoms with E-state index < -0.39 is 0 Å². The van der Waals surface area contributed by atoms with E-state index in [1.54, 1.807) is 0 Å². The Labute approximate surface area is 112 Å². The number of amides is 1. The van der Waals surface area contributed by atoms with Crippen LogP contribution in [0.2, 0.25) is 0 Å². The molecule has 1 saturated heterocycles. The van der Waals surface area contributed by atoms with Crippen molar-refractivity contribution in [2.24, 2.45) is 17.7 Å². The van der Waals surface area contributed by atoms with E-state index in [1.807, 2.05) is 11.4 Å². The van der Waals surface area contributed by atoms with E-state index in [-0.39, 0.29) is 5.91 Å². The third-order valence-electron chi connectivity index (χ3n) is 3.90. The van der Waals surface area contributed by atoms with E-state index in [0.717, 1.165) is 41.9 Å². The lowest BCUT2D eigenvalue weighted by molar-refractivity contribution is 0.0953. The molecule has 3 N–H and O–H groups in total. The lowest BCUT2D eigenvalue weighted by Crippen LogP contribution is -2.38. The summed E-state index contributed by atoms with van der Waals surface area (Å²) in [6, 6.07) is 2.03. The first-order chi connectivity index (χ1) is 8.61. The van der Waals surface area contributed by atoms with Gasteiger partial charge >= 0.3 is 0 Å². The zero-order valence-electron chi connectivity index (χ0n) is 11.0. The second-order valence-electron chi connectivity index (χ2n) is 5.23. The maximum Gasteiger partial charge on any atom is 0.275 e. The number of thiophene rings is 1. The molecule has 1 aromatic heterocycles. The molecule has 1 fully saturated rings. The quantitative estimate of drug-likeness (QED) is 0.499. The van der Waals surface area contributed by atoms with Gasteiger partial charge in [0.05, 0.1) is 4.88 Å². The van der Waals surface area contributed by atoms with Gasteiger partial charge in [-0.05, 0) is 41.8 Å². The van der Waals surface area contributed by atoms with Crippen LogP contribution in [0.5, 0.6) is 0 Å². The molecule has 0 spiro atoms. The summed E-state index contributed by atoms with van der Waals surface area (Å²) in [4.78, 5) is 14.8. The van der Waals surface area contributed by atoms with Crippen LogP contribution in [0.1, 0.15) is 35.5 Å². The van der Waals surface area contributed by atoms with Crippen molar-refractivity contribution in [1.29, 1.82) is 0 Å². The van der Waals surface area contributed by atoms with E-state index in [1.165, 1.54) is 17.8 Å². The Balaban J connectivity index is 2.02. The Kier molecular flexibility index (Phi) is 4.37. The lowest BCUT2D eigenvalue weighted by Gasteiger charge is -2.35. The van der Waals surface area contributed by atoms with Gasteiger partial charge < -0.3 is 0 Å². The van der Waals surface area contributed by atoms with Crippen LogP contribution in [0.4, 0.5) is 0 Å². The molecule has 0 saturated carbocycles. The van der Waals surface area contributed by atoms with Crippen LogP contribution < -0.4 is 11.3 Å². The average molecular weight is 267 g/mol. The zero-order valence-corrected chi connectivity index (χ0v) is 11.8. The normalized spacial score (nSPS) is 25.1. The molecule has 1 aliphatic rings. The van der Waals surface area contributed by atoms with Gasteiger partial charge in [0.1, 0.15) is 0 Å². The van der Waals surface area contributed by atoms with Gasteiger partial charge in [-0.15, -0.1) is 11.3 Å². The summed E-state index contributed by atoms with van der Waals surface area (Å²) in [5, 5.41) is 1.95. The van der Waals surface area contributed by atoms with Crippen LogP contribution in [0.25, 0.3) is 0 Å². The minimum Gasteiger partial charge on any atom is -0.299 e. The maximum atomic E-state index is 11.6. The standard InChI is InChI=1S/C13H21N3OS/c1-9-3-5-16(7-10(9)2)8-11-4-6-18-12(11)13(17)15-14/h4,6,9-10H,3,5,7-8,14H2,1-2H3,(H,15,17). The molecule has 100 valence electrons. The highest BCUT2D eigenvalue weighted by Crippen LogP contribution is 2.25. The predicted molar refractivity (Wildman–Crippen MR) is 74.2 cm³/mol. The van der Waals surface area contributed by atoms with Crippen molar-refractivity contribution < 1.29 is 4.79 Å². The number of rotatable bonds is 3. The van der Waals surface area contributed by atoms with Crippen molar-refractivity contribution in [2.75, 3.05) is 13.1 Å². The van der Waals surface area contributed by atoms with Crippen molar-refractivity contribution >= 4 is 17.2 Å². The minimum atomic E-state index is -0.182. The highest BCUT2D eigenvalue weighted by Gasteiger charge is 2.24. The molecule has 5 heteroatoms. The van der Waals surface area contributed by atoms with Gasteiger partial charge in [-0.25, -0.2) is 5.84 Å². The number of carbonyl (C=O) groups is 1. The van der Waals surface area contributed by atoms with E-state index in [0.29, 0.717) is 0 Å². The molecule has 4 nitrogen and oxygen atoms in total. The SMILES string of the molecule is CC1CCN(Cc2ccsc2C(=O)NN)CC1C. The Hall–Kier alpha value is -0.910. The molecule has 2 heterocycles. The molecular weight excluding hydrogens is 246 g/mol. The number of nitrogens with one attached hydrogen (secondary N) is 1. The molecular formula is C13H21N3OS. The predicted octanol–water partition coefficient (Wildman–Crippen LogP) is 1.83. The topological polar surface area (TPSA) is 58.4 Å². The van der Waals surface area contributed by atoms with Crippen molar-refractivity contribution in [2.45, 2.75) is 26.8 Å². The summed E-state index contributed by atoms with van der Waals surface area (Å²) in [6.07, 6.45) is 1.24. The smallest absolute Gasteiger partial charge is 0.275 e. The summed E-state index contributed by atoms with van der Waals surface area (Å²) >= 11 is 1.45. The number of likely N-dealkylation sites (tertiary alicyclic amines) is 1.